The Balaban J connectivity index is 2.71. The first-order chi connectivity index (χ1) is 8.45. The lowest BCUT2D eigenvalue weighted by Crippen LogP contribution is -2.31. The van der Waals surface area contributed by atoms with Gasteiger partial charge in [0.2, 0.25) is 5.91 Å². The summed E-state index contributed by atoms with van der Waals surface area (Å²) < 4.78 is 13.5. The molecule has 1 aromatic carbocycles. The van der Waals surface area contributed by atoms with Crippen molar-refractivity contribution in [2.45, 2.75) is 6.42 Å². The van der Waals surface area contributed by atoms with E-state index in [1.54, 1.807) is 0 Å². The standard InChI is InChI=1S/C12H16FN3O2/c1-15-11(17)5-6-16(2)12(18)9-4-3-8(14)7-10(9)13/h3-4,7H,5-6,14H2,1-2H3,(H,15,17). The van der Waals surface area contributed by atoms with Gasteiger partial charge in [-0.05, 0) is 18.2 Å². The summed E-state index contributed by atoms with van der Waals surface area (Å²) in [5, 5.41) is 2.45. The van der Waals surface area contributed by atoms with E-state index >= 15 is 0 Å². The van der Waals surface area contributed by atoms with Crippen molar-refractivity contribution in [2.24, 2.45) is 0 Å². The maximum Gasteiger partial charge on any atom is 0.256 e. The van der Waals surface area contributed by atoms with Crippen molar-refractivity contribution in [3.8, 4) is 0 Å². The Morgan fingerprint density at radius 1 is 1.44 bits per heavy atom. The zero-order valence-electron chi connectivity index (χ0n) is 10.4. The molecule has 0 saturated heterocycles. The molecule has 98 valence electrons. The van der Waals surface area contributed by atoms with Gasteiger partial charge in [0.25, 0.3) is 5.91 Å². The normalized spacial score (nSPS) is 9.94. The summed E-state index contributed by atoms with van der Waals surface area (Å²) >= 11 is 0. The lowest BCUT2D eigenvalue weighted by Gasteiger charge is -2.17. The van der Waals surface area contributed by atoms with Crippen LogP contribution >= 0.6 is 0 Å². The Labute approximate surface area is 105 Å². The molecule has 0 bridgehead atoms. The van der Waals surface area contributed by atoms with Crippen LogP contribution in [0.2, 0.25) is 0 Å². The van der Waals surface area contributed by atoms with Crippen LogP contribution in [0.5, 0.6) is 0 Å². The molecule has 1 aromatic rings. The molecule has 0 unspecified atom stereocenters. The van der Waals surface area contributed by atoms with Crippen molar-refractivity contribution in [2.75, 3.05) is 26.4 Å². The number of rotatable bonds is 4. The molecule has 0 aromatic heterocycles. The fourth-order valence-electron chi connectivity index (χ4n) is 1.41. The van der Waals surface area contributed by atoms with E-state index in [2.05, 4.69) is 5.32 Å². The molecule has 6 heteroatoms. The number of amides is 2. The number of nitrogens with two attached hydrogens (primary N) is 1. The number of carbonyl (C=O) groups is 2. The van der Waals surface area contributed by atoms with Crippen LogP contribution in [-0.2, 0) is 4.79 Å². The average Bonchev–Trinajstić information content (AvgIpc) is 2.34. The number of carbonyl (C=O) groups excluding carboxylic acids is 2. The molecule has 0 fully saturated rings. The van der Waals surface area contributed by atoms with Gasteiger partial charge in [-0.1, -0.05) is 0 Å². The van der Waals surface area contributed by atoms with Crippen molar-refractivity contribution in [3.05, 3.63) is 29.6 Å². The van der Waals surface area contributed by atoms with E-state index in [1.165, 1.54) is 31.1 Å². The van der Waals surface area contributed by atoms with Gasteiger partial charge in [0, 0.05) is 32.7 Å². The molecule has 0 saturated carbocycles. The number of nitrogens with one attached hydrogen (secondary N) is 1. The van der Waals surface area contributed by atoms with Crippen molar-refractivity contribution < 1.29 is 14.0 Å². The number of nitrogens with zero attached hydrogens (tertiary/aromatic N) is 1. The molecule has 0 spiro atoms. The van der Waals surface area contributed by atoms with E-state index in [9.17, 15) is 14.0 Å². The van der Waals surface area contributed by atoms with E-state index in [4.69, 9.17) is 5.73 Å². The van der Waals surface area contributed by atoms with Crippen LogP contribution in [0.25, 0.3) is 0 Å². The summed E-state index contributed by atoms with van der Waals surface area (Å²) in [6.45, 7) is 0.225. The maximum absolute atomic E-state index is 13.5. The number of halogens is 1. The fourth-order valence-corrected chi connectivity index (χ4v) is 1.41. The second kappa shape index (κ2) is 6.00. The van der Waals surface area contributed by atoms with Gasteiger partial charge in [0.05, 0.1) is 5.56 Å². The van der Waals surface area contributed by atoms with E-state index in [0.29, 0.717) is 0 Å². The highest BCUT2D eigenvalue weighted by atomic mass is 19.1. The van der Waals surface area contributed by atoms with Crippen LogP contribution in [0.3, 0.4) is 0 Å². The molecule has 1 rings (SSSR count). The highest BCUT2D eigenvalue weighted by molar-refractivity contribution is 5.94. The van der Waals surface area contributed by atoms with Gasteiger partial charge in [-0.2, -0.15) is 0 Å². The van der Waals surface area contributed by atoms with E-state index in [0.717, 1.165) is 6.07 Å². The summed E-state index contributed by atoms with van der Waals surface area (Å²) in [5.41, 5.74) is 5.61. The zero-order chi connectivity index (χ0) is 13.7. The topological polar surface area (TPSA) is 75.4 Å². The minimum Gasteiger partial charge on any atom is -0.399 e. The summed E-state index contributed by atoms with van der Waals surface area (Å²) in [5.74, 6) is -1.31. The fraction of sp³-hybridized carbons (Fsp3) is 0.333. The molecule has 0 radical (unpaired) electrons. The van der Waals surface area contributed by atoms with Gasteiger partial charge in [-0.3, -0.25) is 9.59 Å². The summed E-state index contributed by atoms with van der Waals surface area (Å²) in [6, 6.07) is 3.89. The van der Waals surface area contributed by atoms with Crippen LogP contribution in [0, 0.1) is 5.82 Å². The molecule has 0 aliphatic rings. The summed E-state index contributed by atoms with van der Waals surface area (Å²) in [6.07, 6.45) is 0.176. The van der Waals surface area contributed by atoms with Crippen LogP contribution in [-0.4, -0.2) is 37.4 Å². The number of hydrogen-bond acceptors (Lipinski definition) is 3. The molecule has 3 N–H and O–H groups in total. The number of hydrogen-bond donors (Lipinski definition) is 2. The van der Waals surface area contributed by atoms with Crippen molar-refractivity contribution in [1.29, 1.82) is 0 Å². The highest BCUT2D eigenvalue weighted by Gasteiger charge is 2.16. The Hall–Kier alpha value is -2.11. The van der Waals surface area contributed by atoms with Gasteiger partial charge in [0.1, 0.15) is 5.82 Å². The number of benzene rings is 1. The Bertz CT molecular complexity index is 463. The van der Waals surface area contributed by atoms with Gasteiger partial charge in [0.15, 0.2) is 0 Å². The predicted octanol–water partition coefficient (Wildman–Crippen LogP) is 0.616. The monoisotopic (exact) mass is 253 g/mol. The molecule has 0 atom stereocenters. The Morgan fingerprint density at radius 3 is 2.67 bits per heavy atom. The SMILES string of the molecule is CNC(=O)CCN(C)C(=O)c1ccc(N)cc1F. The average molecular weight is 253 g/mol. The predicted molar refractivity (Wildman–Crippen MR) is 66.5 cm³/mol. The lowest BCUT2D eigenvalue weighted by atomic mass is 10.1. The molecule has 0 aliphatic heterocycles. The largest absolute Gasteiger partial charge is 0.399 e. The second-order valence-electron chi connectivity index (χ2n) is 3.89. The van der Waals surface area contributed by atoms with Crippen LogP contribution in [0.15, 0.2) is 18.2 Å². The van der Waals surface area contributed by atoms with Crippen molar-refractivity contribution in [3.63, 3.8) is 0 Å². The van der Waals surface area contributed by atoms with Crippen LogP contribution in [0.1, 0.15) is 16.8 Å². The first-order valence-corrected chi connectivity index (χ1v) is 5.46. The quantitative estimate of drug-likeness (QED) is 0.772. The van der Waals surface area contributed by atoms with Gasteiger partial charge >= 0.3 is 0 Å². The van der Waals surface area contributed by atoms with Crippen molar-refractivity contribution >= 4 is 17.5 Å². The summed E-state index contributed by atoms with van der Waals surface area (Å²) in [7, 11) is 3.03. The first-order valence-electron chi connectivity index (χ1n) is 5.46. The maximum atomic E-state index is 13.5. The van der Waals surface area contributed by atoms with E-state index in [-0.39, 0.29) is 30.1 Å². The Morgan fingerprint density at radius 2 is 2.11 bits per heavy atom. The highest BCUT2D eigenvalue weighted by Crippen LogP contribution is 2.13. The molecule has 0 heterocycles. The smallest absolute Gasteiger partial charge is 0.256 e. The minimum atomic E-state index is -0.660. The molecule has 2 amide bonds. The van der Waals surface area contributed by atoms with E-state index in [1.807, 2.05) is 0 Å². The lowest BCUT2D eigenvalue weighted by molar-refractivity contribution is -0.120. The third-order valence-corrected chi connectivity index (χ3v) is 2.52. The molecular formula is C12H16FN3O2. The Kier molecular flexibility index (Phi) is 4.65. The first kappa shape index (κ1) is 14.0. The third-order valence-electron chi connectivity index (χ3n) is 2.52. The molecule has 18 heavy (non-hydrogen) atoms. The van der Waals surface area contributed by atoms with E-state index < -0.39 is 11.7 Å². The number of anilines is 1. The zero-order valence-corrected chi connectivity index (χ0v) is 10.4. The molecule has 5 nitrogen and oxygen atoms in total. The summed E-state index contributed by atoms with van der Waals surface area (Å²) in [4.78, 5) is 24.2. The van der Waals surface area contributed by atoms with Crippen LogP contribution < -0.4 is 11.1 Å². The van der Waals surface area contributed by atoms with Gasteiger partial charge < -0.3 is 16.0 Å². The van der Waals surface area contributed by atoms with Crippen molar-refractivity contribution in [1.82, 2.24) is 10.2 Å². The molecule has 0 aliphatic carbocycles. The number of nitrogen functional groups attached to an aromatic ring is 1. The second-order valence-corrected chi connectivity index (χ2v) is 3.89. The molecular weight excluding hydrogens is 237 g/mol. The minimum absolute atomic E-state index is 0.0522. The van der Waals surface area contributed by atoms with Gasteiger partial charge in [-0.25, -0.2) is 4.39 Å². The van der Waals surface area contributed by atoms with Crippen LogP contribution in [0.4, 0.5) is 10.1 Å². The third kappa shape index (κ3) is 3.44. The van der Waals surface area contributed by atoms with Gasteiger partial charge in [-0.15, -0.1) is 0 Å².